The fraction of sp³-hybridized carbons (Fsp3) is 0.588. The lowest BCUT2D eigenvalue weighted by molar-refractivity contribution is -0.181. The van der Waals surface area contributed by atoms with E-state index >= 15 is 8.78 Å². The predicted molar refractivity (Wildman–Crippen MR) is 95.8 cm³/mol. The summed E-state index contributed by atoms with van der Waals surface area (Å²) in [6.07, 6.45) is 0. The van der Waals surface area contributed by atoms with E-state index in [-0.39, 0.29) is 11.1 Å². The van der Waals surface area contributed by atoms with E-state index in [4.69, 9.17) is 0 Å². The Morgan fingerprint density at radius 1 is 1.15 bits per heavy atom. The highest BCUT2D eigenvalue weighted by Gasteiger charge is 2.60. The molecular weight excluding hydrogens is 440 g/mol. The molecule has 0 aliphatic carbocycles. The van der Waals surface area contributed by atoms with Crippen molar-refractivity contribution in [3.05, 3.63) is 33.8 Å². The summed E-state index contributed by atoms with van der Waals surface area (Å²) in [4.78, 5) is 11.9. The number of carbonyl (C=O) groups is 1. The molecule has 0 bridgehead atoms. The van der Waals surface area contributed by atoms with Gasteiger partial charge in [0.25, 0.3) is 0 Å². The number of esters is 1. The zero-order valence-corrected chi connectivity index (χ0v) is 17.5. The molecule has 148 valence electrons. The van der Waals surface area contributed by atoms with Crippen molar-refractivity contribution in [2.45, 2.75) is 50.7 Å². The highest BCUT2D eigenvalue weighted by Crippen LogP contribution is 2.44. The van der Waals surface area contributed by atoms with Gasteiger partial charge in [0, 0.05) is 32.9 Å². The van der Waals surface area contributed by atoms with Crippen LogP contribution in [0.5, 0.6) is 0 Å². The summed E-state index contributed by atoms with van der Waals surface area (Å²) >= 11 is 2.83. The zero-order valence-electron chi connectivity index (χ0n) is 15.1. The van der Waals surface area contributed by atoms with Crippen molar-refractivity contribution >= 4 is 32.7 Å². The van der Waals surface area contributed by atoms with E-state index in [9.17, 15) is 17.8 Å². The first-order valence-corrected chi connectivity index (χ1v) is 9.88. The van der Waals surface area contributed by atoms with Gasteiger partial charge in [-0.2, -0.15) is 8.78 Å². The smallest absolute Gasteiger partial charge is 0.377 e. The van der Waals surface area contributed by atoms with E-state index in [1.165, 1.54) is 6.92 Å². The molecule has 2 atom stereocenters. The Labute approximate surface area is 161 Å². The monoisotopic (exact) mass is 460 g/mol. The fourth-order valence-electron chi connectivity index (χ4n) is 2.21. The minimum atomic E-state index is -4.19. The van der Waals surface area contributed by atoms with Crippen LogP contribution in [-0.4, -0.2) is 33.2 Å². The third-order valence-electron chi connectivity index (χ3n) is 3.93. The molecule has 0 saturated carbocycles. The molecule has 0 radical (unpaired) electrons. The minimum absolute atomic E-state index is 0.249. The first-order chi connectivity index (χ1) is 11.7. The second-order valence-electron chi connectivity index (χ2n) is 6.98. The first kappa shape index (κ1) is 23.1. The number of hydrogen-bond donors (Lipinski definition) is 0. The summed E-state index contributed by atoms with van der Waals surface area (Å²) in [5.41, 5.74) is -3.14. The molecule has 0 aromatic heterocycles. The Hall–Kier alpha value is -0.960. The third-order valence-corrected chi connectivity index (χ3v) is 6.75. The Kier molecular flexibility index (Phi) is 7.07. The Bertz CT molecular complexity index is 719. The van der Waals surface area contributed by atoms with Crippen LogP contribution in [0.3, 0.4) is 0 Å². The van der Waals surface area contributed by atoms with Gasteiger partial charge in [-0.1, -0.05) is 0 Å². The normalized spacial score (nSPS) is 16.1. The maximum absolute atomic E-state index is 15.0. The standard InChI is InChI=1S/C17H21BrF4O3S/c1-6-25-14(23)17(21,22)16(5,9-26(24)15(2,3)4)10-7-11(18)13(20)8-12(10)19/h7-8H,6,9H2,1-5H3/t16-,26+/m1/s1. The molecule has 1 rings (SSSR count). The van der Waals surface area contributed by atoms with Crippen molar-refractivity contribution in [2.75, 3.05) is 12.4 Å². The highest BCUT2D eigenvalue weighted by atomic mass is 79.9. The van der Waals surface area contributed by atoms with Crippen LogP contribution in [0.4, 0.5) is 17.6 Å². The number of halogens is 5. The van der Waals surface area contributed by atoms with Gasteiger partial charge in [0.2, 0.25) is 0 Å². The molecule has 0 fully saturated rings. The second-order valence-corrected chi connectivity index (χ2v) is 10.0. The highest BCUT2D eigenvalue weighted by molar-refractivity contribution is 9.10. The van der Waals surface area contributed by atoms with Gasteiger partial charge in [0.1, 0.15) is 11.6 Å². The molecule has 1 aromatic carbocycles. The lowest BCUT2D eigenvalue weighted by Crippen LogP contribution is -2.54. The molecular formula is C17H21BrF4O3S. The summed E-state index contributed by atoms with van der Waals surface area (Å²) in [5, 5.41) is 0. The maximum Gasteiger partial charge on any atom is 0.377 e. The largest absolute Gasteiger partial charge is 0.462 e. The summed E-state index contributed by atoms with van der Waals surface area (Å²) in [5.74, 6) is -9.01. The molecule has 0 N–H and O–H groups in total. The van der Waals surface area contributed by atoms with Gasteiger partial charge in [0.15, 0.2) is 0 Å². The predicted octanol–water partition coefficient (Wildman–Crippen LogP) is 4.73. The molecule has 3 nitrogen and oxygen atoms in total. The Morgan fingerprint density at radius 3 is 2.15 bits per heavy atom. The van der Waals surface area contributed by atoms with Crippen LogP contribution in [0, 0.1) is 11.6 Å². The fourth-order valence-corrected chi connectivity index (χ4v) is 3.85. The van der Waals surface area contributed by atoms with Crippen molar-refractivity contribution in [1.82, 2.24) is 0 Å². The van der Waals surface area contributed by atoms with Crippen LogP contribution in [0.2, 0.25) is 0 Å². The van der Waals surface area contributed by atoms with Gasteiger partial charge in [-0.25, -0.2) is 13.6 Å². The van der Waals surface area contributed by atoms with Crippen molar-refractivity contribution in [3.8, 4) is 0 Å². The quantitative estimate of drug-likeness (QED) is 0.350. The van der Waals surface area contributed by atoms with Gasteiger partial charge in [0.05, 0.1) is 16.5 Å². The molecule has 0 heterocycles. The molecule has 0 saturated heterocycles. The van der Waals surface area contributed by atoms with Gasteiger partial charge >= 0.3 is 11.9 Å². The van der Waals surface area contributed by atoms with Crippen molar-refractivity contribution < 1.29 is 31.3 Å². The van der Waals surface area contributed by atoms with Crippen LogP contribution >= 0.6 is 15.9 Å². The van der Waals surface area contributed by atoms with E-state index in [1.807, 2.05) is 0 Å². The van der Waals surface area contributed by atoms with E-state index in [1.54, 1.807) is 20.8 Å². The second kappa shape index (κ2) is 7.96. The van der Waals surface area contributed by atoms with Crippen LogP contribution in [0.1, 0.15) is 40.2 Å². The van der Waals surface area contributed by atoms with Crippen molar-refractivity contribution in [2.24, 2.45) is 0 Å². The molecule has 0 unspecified atom stereocenters. The molecule has 0 spiro atoms. The number of ether oxygens (including phenoxy) is 1. The third kappa shape index (κ3) is 4.47. The molecule has 1 aromatic rings. The van der Waals surface area contributed by atoms with E-state index in [2.05, 4.69) is 20.7 Å². The molecule has 0 amide bonds. The average Bonchev–Trinajstić information content (AvgIpc) is 2.49. The molecule has 26 heavy (non-hydrogen) atoms. The van der Waals surface area contributed by atoms with E-state index in [0.29, 0.717) is 6.07 Å². The molecule has 9 heteroatoms. The van der Waals surface area contributed by atoms with Crippen LogP contribution in [-0.2, 0) is 25.7 Å². The molecule has 0 aliphatic rings. The lowest BCUT2D eigenvalue weighted by Gasteiger charge is -2.37. The lowest BCUT2D eigenvalue weighted by atomic mass is 9.77. The summed E-state index contributed by atoms with van der Waals surface area (Å²) in [6.45, 7) is 6.70. The number of alkyl halides is 2. The van der Waals surface area contributed by atoms with Gasteiger partial charge in [-0.05, 0) is 56.6 Å². The summed E-state index contributed by atoms with van der Waals surface area (Å²) in [7, 11) is -1.86. The average molecular weight is 461 g/mol. The van der Waals surface area contributed by atoms with E-state index < -0.39 is 55.8 Å². The topological polar surface area (TPSA) is 43.4 Å². The van der Waals surface area contributed by atoms with Crippen LogP contribution in [0.25, 0.3) is 0 Å². The minimum Gasteiger partial charge on any atom is -0.462 e. The van der Waals surface area contributed by atoms with Gasteiger partial charge in [-0.3, -0.25) is 4.21 Å². The van der Waals surface area contributed by atoms with Gasteiger partial charge < -0.3 is 4.74 Å². The zero-order chi connectivity index (χ0) is 20.5. The van der Waals surface area contributed by atoms with Crippen molar-refractivity contribution in [1.29, 1.82) is 0 Å². The Morgan fingerprint density at radius 2 is 1.69 bits per heavy atom. The Balaban J connectivity index is 3.65. The van der Waals surface area contributed by atoms with Gasteiger partial charge in [-0.15, -0.1) is 0 Å². The van der Waals surface area contributed by atoms with Crippen LogP contribution in [0.15, 0.2) is 16.6 Å². The summed E-state index contributed by atoms with van der Waals surface area (Å²) in [6, 6.07) is 1.29. The summed E-state index contributed by atoms with van der Waals surface area (Å²) < 4.78 is 73.8. The number of rotatable bonds is 6. The van der Waals surface area contributed by atoms with Crippen LogP contribution < -0.4 is 0 Å². The number of benzene rings is 1. The SMILES string of the molecule is CCOC(=O)C(F)(F)[C@](C)(C[S@](=O)C(C)(C)C)c1cc(Br)c(F)cc1F. The maximum atomic E-state index is 15.0. The first-order valence-electron chi connectivity index (χ1n) is 7.77. The van der Waals surface area contributed by atoms with E-state index in [0.717, 1.165) is 13.0 Å². The number of carbonyl (C=O) groups excluding carboxylic acids is 1. The molecule has 0 aliphatic heterocycles. The number of hydrogen-bond acceptors (Lipinski definition) is 3. The van der Waals surface area contributed by atoms with Crippen molar-refractivity contribution in [3.63, 3.8) is 0 Å².